The summed E-state index contributed by atoms with van der Waals surface area (Å²) in [4.78, 5) is 0. The predicted octanol–water partition coefficient (Wildman–Crippen LogP) is 4.08. The molecule has 0 aromatic rings. The second-order valence-corrected chi connectivity index (χ2v) is 5.73. The van der Waals surface area contributed by atoms with Crippen LogP contribution in [0.3, 0.4) is 0 Å². The summed E-state index contributed by atoms with van der Waals surface area (Å²) in [5, 5.41) is 0. The number of allylic oxidation sites excluding steroid dienone is 2. The van der Waals surface area contributed by atoms with Gasteiger partial charge in [-0.3, -0.25) is 0 Å². The van der Waals surface area contributed by atoms with E-state index in [4.69, 9.17) is 9.31 Å². The maximum Gasteiger partial charge on any atom is 0.498 e. The van der Waals surface area contributed by atoms with Gasteiger partial charge < -0.3 is 9.31 Å². The van der Waals surface area contributed by atoms with Crippen molar-refractivity contribution in [2.75, 3.05) is 0 Å². The Morgan fingerprint density at radius 1 is 1.22 bits per heavy atom. The molecule has 0 saturated carbocycles. The van der Waals surface area contributed by atoms with Crippen LogP contribution in [0.15, 0.2) is 29.9 Å². The predicted molar refractivity (Wildman–Crippen MR) is 77.4 cm³/mol. The van der Waals surface area contributed by atoms with E-state index in [1.165, 1.54) is 0 Å². The average Bonchev–Trinajstić information content (AvgIpc) is 2.47. The fraction of sp³-hybridized carbons (Fsp3) is 0.667. The van der Waals surface area contributed by atoms with Crippen molar-refractivity contribution < 1.29 is 9.31 Å². The van der Waals surface area contributed by atoms with Crippen LogP contribution in [0.5, 0.6) is 0 Å². The van der Waals surface area contributed by atoms with E-state index < -0.39 is 0 Å². The molecule has 1 saturated heterocycles. The minimum atomic E-state index is -0.281. The van der Waals surface area contributed by atoms with Crippen LogP contribution in [0.25, 0.3) is 0 Å². The monoisotopic (exact) mass is 248 g/mol. The zero-order valence-electron chi connectivity index (χ0n) is 12.4. The summed E-state index contributed by atoms with van der Waals surface area (Å²) in [6.07, 6.45) is 6.87. The highest BCUT2D eigenvalue weighted by Gasteiger charge is 2.52. The Balaban J connectivity index is 2.79. The number of rotatable bonds is 5. The summed E-state index contributed by atoms with van der Waals surface area (Å²) in [7, 11) is -0.268. The number of unbranched alkanes of at least 4 members (excludes halogenated alkanes) is 1. The molecule has 1 aliphatic heterocycles. The number of hydrogen-bond donors (Lipinski definition) is 0. The highest BCUT2D eigenvalue weighted by molar-refractivity contribution is 6.54. The Bertz CT molecular complexity index is 347. The van der Waals surface area contributed by atoms with Crippen LogP contribution in [0, 0.1) is 0 Å². The average molecular weight is 248 g/mol. The van der Waals surface area contributed by atoms with E-state index in [-0.39, 0.29) is 18.3 Å². The molecule has 0 N–H and O–H groups in total. The molecule has 0 unspecified atom stereocenters. The van der Waals surface area contributed by atoms with Crippen molar-refractivity contribution in [1.82, 2.24) is 0 Å². The smallest absolute Gasteiger partial charge is 0.399 e. The molecule has 0 aliphatic carbocycles. The summed E-state index contributed by atoms with van der Waals surface area (Å²) in [5.41, 5.74) is 3.80. The van der Waals surface area contributed by atoms with Crippen molar-refractivity contribution in [3.8, 4) is 0 Å². The maximum atomic E-state index is 6.04. The summed E-state index contributed by atoms with van der Waals surface area (Å²) in [5.74, 6) is 0. The first kappa shape index (κ1) is 15.3. The summed E-state index contributed by atoms with van der Waals surface area (Å²) >= 11 is 0. The Hall–Kier alpha value is -0.755. The molecule has 18 heavy (non-hydrogen) atoms. The van der Waals surface area contributed by atoms with E-state index in [1.54, 1.807) is 0 Å². The first-order valence-corrected chi connectivity index (χ1v) is 6.70. The van der Waals surface area contributed by atoms with Crippen molar-refractivity contribution in [2.45, 2.75) is 65.1 Å². The van der Waals surface area contributed by atoms with Gasteiger partial charge in [-0.2, -0.15) is 0 Å². The standard InChI is InChI=1S/C15H25BO2/c1-7-9-10-12-13(11-8-2)16-17-14(3,4)15(5,6)18-16/h7-8H,1,9-10,12H2,2-6H3. The molecule has 1 heterocycles. The second kappa shape index (κ2) is 5.92. The molecular weight excluding hydrogens is 223 g/mol. The van der Waals surface area contributed by atoms with Gasteiger partial charge in [0.15, 0.2) is 0 Å². The van der Waals surface area contributed by atoms with Crippen molar-refractivity contribution >= 4 is 7.12 Å². The second-order valence-electron chi connectivity index (χ2n) is 5.73. The molecule has 1 rings (SSSR count). The van der Waals surface area contributed by atoms with E-state index in [9.17, 15) is 0 Å². The highest BCUT2D eigenvalue weighted by atomic mass is 16.7. The number of hydrogen-bond acceptors (Lipinski definition) is 2. The van der Waals surface area contributed by atoms with Gasteiger partial charge in [0.1, 0.15) is 0 Å². The summed E-state index contributed by atoms with van der Waals surface area (Å²) in [6.45, 7) is 14.0. The third-order valence-electron chi connectivity index (χ3n) is 3.72. The molecule has 1 fully saturated rings. The molecule has 1 aliphatic rings. The lowest BCUT2D eigenvalue weighted by molar-refractivity contribution is 0.00578. The van der Waals surface area contributed by atoms with Crippen LogP contribution in [0.2, 0.25) is 0 Å². The van der Waals surface area contributed by atoms with E-state index in [0.717, 1.165) is 24.7 Å². The molecule has 100 valence electrons. The van der Waals surface area contributed by atoms with Crippen molar-refractivity contribution in [3.63, 3.8) is 0 Å². The molecule has 2 nitrogen and oxygen atoms in total. The van der Waals surface area contributed by atoms with Crippen molar-refractivity contribution in [1.29, 1.82) is 0 Å². The van der Waals surface area contributed by atoms with Gasteiger partial charge >= 0.3 is 7.12 Å². The molecule has 0 aromatic heterocycles. The first-order valence-electron chi connectivity index (χ1n) is 6.70. The lowest BCUT2D eigenvalue weighted by atomic mass is 9.76. The minimum absolute atomic E-state index is 0.268. The van der Waals surface area contributed by atoms with Gasteiger partial charge in [0.2, 0.25) is 0 Å². The van der Waals surface area contributed by atoms with Gasteiger partial charge in [0, 0.05) is 5.47 Å². The molecule has 0 atom stereocenters. The Labute approximate surface area is 112 Å². The molecule has 3 heteroatoms. The van der Waals surface area contributed by atoms with E-state index in [1.807, 2.05) is 19.1 Å². The quantitative estimate of drug-likeness (QED) is 0.316. The van der Waals surface area contributed by atoms with Gasteiger partial charge in [-0.25, -0.2) is 0 Å². The normalized spacial score (nSPS) is 20.4. The molecule has 0 bridgehead atoms. The molecule has 0 spiro atoms. The lowest BCUT2D eigenvalue weighted by Crippen LogP contribution is -2.41. The summed E-state index contributed by atoms with van der Waals surface area (Å²) in [6, 6.07) is 0. The Morgan fingerprint density at radius 3 is 2.22 bits per heavy atom. The van der Waals surface area contributed by atoms with Crippen molar-refractivity contribution in [2.24, 2.45) is 0 Å². The SMILES string of the molecule is C=CCCCC(=C=CC)B1OC(C)(C)C(C)(C)O1. The zero-order valence-corrected chi connectivity index (χ0v) is 12.4. The largest absolute Gasteiger partial charge is 0.498 e. The van der Waals surface area contributed by atoms with Crippen molar-refractivity contribution in [3.05, 3.63) is 29.9 Å². The van der Waals surface area contributed by atoms with E-state index in [2.05, 4.69) is 40.0 Å². The topological polar surface area (TPSA) is 18.5 Å². The third kappa shape index (κ3) is 3.38. The fourth-order valence-corrected chi connectivity index (χ4v) is 1.87. The lowest BCUT2D eigenvalue weighted by Gasteiger charge is -2.32. The third-order valence-corrected chi connectivity index (χ3v) is 3.72. The van der Waals surface area contributed by atoms with Crippen LogP contribution >= 0.6 is 0 Å². The van der Waals surface area contributed by atoms with Gasteiger partial charge in [0.05, 0.1) is 11.2 Å². The van der Waals surface area contributed by atoms with Crippen LogP contribution in [0.1, 0.15) is 53.9 Å². The zero-order chi connectivity index (χ0) is 13.8. The molecule has 0 amide bonds. The van der Waals surface area contributed by atoms with Gasteiger partial charge in [-0.15, -0.1) is 12.3 Å². The molecule has 0 radical (unpaired) electrons. The molecule has 0 aromatic carbocycles. The van der Waals surface area contributed by atoms with Gasteiger partial charge in [-0.1, -0.05) is 6.08 Å². The van der Waals surface area contributed by atoms with Crippen LogP contribution < -0.4 is 0 Å². The van der Waals surface area contributed by atoms with Crippen LogP contribution in [-0.2, 0) is 9.31 Å². The van der Waals surface area contributed by atoms with Gasteiger partial charge in [-0.05, 0) is 60.0 Å². The Morgan fingerprint density at radius 2 is 1.78 bits per heavy atom. The molecular formula is C15H25BO2. The fourth-order valence-electron chi connectivity index (χ4n) is 1.87. The first-order chi connectivity index (χ1) is 8.34. The van der Waals surface area contributed by atoms with Crippen LogP contribution in [-0.4, -0.2) is 18.3 Å². The van der Waals surface area contributed by atoms with E-state index in [0.29, 0.717) is 0 Å². The summed E-state index contributed by atoms with van der Waals surface area (Å²) < 4.78 is 12.1. The van der Waals surface area contributed by atoms with E-state index >= 15 is 0 Å². The van der Waals surface area contributed by atoms with Gasteiger partial charge in [0.25, 0.3) is 0 Å². The highest BCUT2D eigenvalue weighted by Crippen LogP contribution is 2.39. The Kier molecular flexibility index (Phi) is 5.04. The maximum absolute atomic E-state index is 6.04. The van der Waals surface area contributed by atoms with Crippen LogP contribution in [0.4, 0.5) is 0 Å². The minimum Gasteiger partial charge on any atom is -0.399 e.